The minimum Gasteiger partial charge on any atom is -0.346 e. The number of hydrogen-bond acceptors (Lipinski definition) is 5. The topological polar surface area (TPSA) is 108 Å². The predicted molar refractivity (Wildman–Crippen MR) is 86.6 cm³/mol. The Morgan fingerprint density at radius 2 is 1.96 bits per heavy atom. The average molecular weight is 349 g/mol. The molecule has 24 heavy (non-hydrogen) atoms. The quantitative estimate of drug-likeness (QED) is 0.834. The first kappa shape index (κ1) is 16.6. The molecule has 2 N–H and O–H groups in total. The largest absolute Gasteiger partial charge is 0.346 e. The van der Waals surface area contributed by atoms with Crippen molar-refractivity contribution in [1.82, 2.24) is 25.0 Å². The number of piperidine rings is 1. The standard InChI is InChI=1S/C15H19N5O3S/c21-15(13-11-17-19-18-13)16-10-12-6-2-3-7-14(12)24(22,23)20-8-4-1-5-9-20/h2-3,6-7,11H,1,4-5,8-10H2,(H,16,21)(H,17,18,19). The number of sulfonamides is 1. The Balaban J connectivity index is 1.78. The highest BCUT2D eigenvalue weighted by Gasteiger charge is 2.27. The van der Waals surface area contributed by atoms with Gasteiger partial charge in [0.25, 0.3) is 5.91 Å². The molecule has 1 fully saturated rings. The lowest BCUT2D eigenvalue weighted by molar-refractivity contribution is 0.0945. The third kappa shape index (κ3) is 3.46. The monoisotopic (exact) mass is 349 g/mol. The van der Waals surface area contributed by atoms with Crippen molar-refractivity contribution in [2.45, 2.75) is 30.7 Å². The van der Waals surface area contributed by atoms with Crippen LogP contribution in [-0.2, 0) is 16.6 Å². The van der Waals surface area contributed by atoms with E-state index in [1.807, 2.05) is 0 Å². The molecule has 1 amide bonds. The maximum atomic E-state index is 12.9. The molecule has 0 bridgehead atoms. The summed E-state index contributed by atoms with van der Waals surface area (Å²) in [6.45, 7) is 1.19. The first-order chi connectivity index (χ1) is 11.6. The summed E-state index contributed by atoms with van der Waals surface area (Å²) >= 11 is 0. The van der Waals surface area contributed by atoms with Gasteiger partial charge in [-0.05, 0) is 24.5 Å². The summed E-state index contributed by atoms with van der Waals surface area (Å²) in [5, 5.41) is 12.3. The molecule has 1 saturated heterocycles. The summed E-state index contributed by atoms with van der Waals surface area (Å²) < 4.78 is 27.3. The second-order valence-electron chi connectivity index (χ2n) is 5.61. The van der Waals surface area contributed by atoms with Gasteiger partial charge in [-0.15, -0.1) is 0 Å². The van der Waals surface area contributed by atoms with Gasteiger partial charge in [0.2, 0.25) is 10.0 Å². The summed E-state index contributed by atoms with van der Waals surface area (Å²) in [7, 11) is -3.55. The van der Waals surface area contributed by atoms with Crippen LogP contribution in [0.1, 0.15) is 35.3 Å². The third-order valence-electron chi connectivity index (χ3n) is 3.99. The van der Waals surface area contributed by atoms with Gasteiger partial charge in [-0.3, -0.25) is 4.79 Å². The lowest BCUT2D eigenvalue weighted by Gasteiger charge is -2.26. The second-order valence-corrected chi connectivity index (χ2v) is 7.52. The van der Waals surface area contributed by atoms with Gasteiger partial charge in [-0.1, -0.05) is 24.6 Å². The molecule has 0 unspecified atom stereocenters. The third-order valence-corrected chi connectivity index (χ3v) is 5.99. The van der Waals surface area contributed by atoms with E-state index >= 15 is 0 Å². The van der Waals surface area contributed by atoms with Gasteiger partial charge in [0.05, 0.1) is 11.1 Å². The zero-order chi connectivity index (χ0) is 17.0. The highest BCUT2D eigenvalue weighted by Crippen LogP contribution is 2.23. The van der Waals surface area contributed by atoms with Crippen LogP contribution in [0.25, 0.3) is 0 Å². The fourth-order valence-corrected chi connectivity index (χ4v) is 4.46. The lowest BCUT2D eigenvalue weighted by Crippen LogP contribution is -2.36. The Bertz CT molecular complexity index is 798. The zero-order valence-corrected chi connectivity index (χ0v) is 13.9. The van der Waals surface area contributed by atoms with E-state index in [9.17, 15) is 13.2 Å². The predicted octanol–water partition coefficient (Wildman–Crippen LogP) is 0.909. The Hall–Kier alpha value is -2.26. The van der Waals surface area contributed by atoms with E-state index in [2.05, 4.69) is 20.7 Å². The van der Waals surface area contributed by atoms with Gasteiger partial charge in [-0.2, -0.15) is 19.7 Å². The number of carbonyl (C=O) groups is 1. The number of H-pyrrole nitrogens is 1. The van der Waals surface area contributed by atoms with Crippen molar-refractivity contribution in [1.29, 1.82) is 0 Å². The van der Waals surface area contributed by atoms with Crippen LogP contribution in [0, 0.1) is 0 Å². The van der Waals surface area contributed by atoms with Crippen LogP contribution in [0.5, 0.6) is 0 Å². The summed E-state index contributed by atoms with van der Waals surface area (Å²) in [4.78, 5) is 12.2. The molecule has 2 heterocycles. The van der Waals surface area contributed by atoms with Crippen LogP contribution >= 0.6 is 0 Å². The summed E-state index contributed by atoms with van der Waals surface area (Å²) in [5.41, 5.74) is 0.714. The summed E-state index contributed by atoms with van der Waals surface area (Å²) in [5.74, 6) is -0.408. The van der Waals surface area contributed by atoms with Crippen LogP contribution in [0.3, 0.4) is 0 Å². The van der Waals surface area contributed by atoms with Crippen molar-refractivity contribution in [3.05, 3.63) is 41.7 Å². The van der Waals surface area contributed by atoms with Crippen LogP contribution < -0.4 is 5.32 Å². The van der Waals surface area contributed by atoms with Gasteiger partial charge in [-0.25, -0.2) is 8.42 Å². The maximum Gasteiger partial charge on any atom is 0.273 e. The van der Waals surface area contributed by atoms with E-state index in [0.717, 1.165) is 19.3 Å². The Morgan fingerprint density at radius 3 is 2.67 bits per heavy atom. The van der Waals surface area contributed by atoms with Crippen molar-refractivity contribution in [3.8, 4) is 0 Å². The number of aromatic nitrogens is 3. The van der Waals surface area contributed by atoms with Gasteiger partial charge in [0.1, 0.15) is 0 Å². The molecule has 1 aromatic heterocycles. The van der Waals surface area contributed by atoms with Crippen LogP contribution in [0.4, 0.5) is 0 Å². The van der Waals surface area contributed by atoms with Crippen molar-refractivity contribution in [2.24, 2.45) is 0 Å². The minimum absolute atomic E-state index is 0.106. The lowest BCUT2D eigenvalue weighted by atomic mass is 10.2. The van der Waals surface area contributed by atoms with Gasteiger partial charge in [0.15, 0.2) is 5.69 Å². The first-order valence-corrected chi connectivity index (χ1v) is 9.25. The van der Waals surface area contributed by atoms with Gasteiger partial charge < -0.3 is 5.32 Å². The van der Waals surface area contributed by atoms with Crippen molar-refractivity contribution in [3.63, 3.8) is 0 Å². The average Bonchev–Trinajstić information content (AvgIpc) is 3.15. The minimum atomic E-state index is -3.55. The first-order valence-electron chi connectivity index (χ1n) is 7.81. The molecular weight excluding hydrogens is 330 g/mol. The van der Waals surface area contributed by atoms with Gasteiger partial charge in [0, 0.05) is 19.6 Å². The highest BCUT2D eigenvalue weighted by atomic mass is 32.2. The number of nitrogens with zero attached hydrogens (tertiary/aromatic N) is 3. The van der Waals surface area contributed by atoms with Gasteiger partial charge >= 0.3 is 0 Å². The number of amides is 1. The van der Waals surface area contributed by atoms with E-state index < -0.39 is 15.9 Å². The molecule has 2 aromatic rings. The van der Waals surface area contributed by atoms with Crippen molar-refractivity contribution < 1.29 is 13.2 Å². The Morgan fingerprint density at radius 1 is 1.21 bits per heavy atom. The van der Waals surface area contributed by atoms with Crippen LogP contribution in [-0.4, -0.2) is 47.1 Å². The van der Waals surface area contributed by atoms with Crippen molar-refractivity contribution in [2.75, 3.05) is 13.1 Å². The number of hydrogen-bond donors (Lipinski definition) is 2. The normalized spacial score (nSPS) is 16.0. The molecular formula is C15H19N5O3S. The molecule has 0 radical (unpaired) electrons. The van der Waals surface area contributed by atoms with E-state index in [1.54, 1.807) is 24.3 Å². The molecule has 1 aliphatic rings. The van der Waals surface area contributed by atoms with Crippen LogP contribution in [0.2, 0.25) is 0 Å². The Labute approximate surface area is 140 Å². The molecule has 0 saturated carbocycles. The molecule has 128 valence electrons. The fraction of sp³-hybridized carbons (Fsp3) is 0.400. The molecule has 0 atom stereocenters. The molecule has 0 aliphatic carbocycles. The van der Waals surface area contributed by atoms with E-state index in [1.165, 1.54) is 10.5 Å². The number of carbonyl (C=O) groups excluding carboxylic acids is 1. The molecule has 9 heteroatoms. The number of nitrogens with one attached hydrogen (secondary N) is 2. The summed E-state index contributed by atoms with van der Waals surface area (Å²) in [6, 6.07) is 6.74. The molecule has 1 aromatic carbocycles. The maximum absolute atomic E-state index is 12.9. The molecule has 3 rings (SSSR count). The van der Waals surface area contributed by atoms with Crippen molar-refractivity contribution >= 4 is 15.9 Å². The smallest absolute Gasteiger partial charge is 0.273 e. The molecule has 8 nitrogen and oxygen atoms in total. The Kier molecular flexibility index (Phi) is 4.91. The van der Waals surface area contributed by atoms with Crippen LogP contribution in [0.15, 0.2) is 35.4 Å². The van der Waals surface area contributed by atoms with E-state index in [-0.39, 0.29) is 17.1 Å². The van der Waals surface area contributed by atoms with E-state index in [4.69, 9.17) is 0 Å². The summed E-state index contributed by atoms with van der Waals surface area (Å²) in [6.07, 6.45) is 4.13. The number of benzene rings is 1. The number of rotatable bonds is 5. The SMILES string of the molecule is O=C(NCc1ccccc1S(=O)(=O)N1CCCCC1)c1cn[nH]n1. The zero-order valence-electron chi connectivity index (χ0n) is 13.1. The number of aromatic amines is 1. The fourth-order valence-electron chi connectivity index (χ4n) is 2.72. The molecule has 0 spiro atoms. The highest BCUT2D eigenvalue weighted by molar-refractivity contribution is 7.89. The van der Waals surface area contributed by atoms with E-state index in [0.29, 0.717) is 18.7 Å². The molecule has 1 aliphatic heterocycles. The second kappa shape index (κ2) is 7.10.